The molecular formula is C8H17NaO4S. The Hall–Kier alpha value is 0.870. The third-order valence-electron chi connectivity index (χ3n) is 1.99. The van der Waals surface area contributed by atoms with Crippen LogP contribution in [0.1, 0.15) is 39.0 Å². The molecule has 0 aromatic rings. The first kappa shape index (κ1) is 17.3. The Balaban J connectivity index is 0. The maximum atomic E-state index is 10.5. The van der Waals surface area contributed by atoms with Crippen molar-refractivity contribution in [1.82, 2.24) is 0 Å². The van der Waals surface area contributed by atoms with Crippen LogP contribution in [0.2, 0.25) is 0 Å². The van der Waals surface area contributed by atoms with Crippen LogP contribution in [0.15, 0.2) is 0 Å². The fraction of sp³-hybridized carbons (Fsp3) is 1.00. The largest absolute Gasteiger partial charge is 1.00 e. The number of hydrogen-bond donors (Lipinski definition) is 1. The molecule has 1 unspecified atom stereocenters. The Morgan fingerprint density at radius 3 is 2.21 bits per heavy atom. The Bertz CT molecular complexity index is 215. The van der Waals surface area contributed by atoms with Crippen molar-refractivity contribution in [2.24, 2.45) is 0 Å². The van der Waals surface area contributed by atoms with Gasteiger partial charge in [0, 0.05) is 0 Å². The summed E-state index contributed by atoms with van der Waals surface area (Å²) in [5.74, 6) is 0. The van der Waals surface area contributed by atoms with Crippen molar-refractivity contribution in [1.29, 1.82) is 0 Å². The topological polar surface area (TPSA) is 77.4 Å². The molecule has 0 heterocycles. The molecule has 0 aromatic heterocycles. The van der Waals surface area contributed by atoms with Gasteiger partial charge < -0.3 is 9.66 Å². The monoisotopic (exact) mass is 232 g/mol. The standard InChI is InChI=1S/C8H18O4S.Na/c1-2-3-4-5-6-8(7-9)13(10,11)12;/h8-9H,2-7H2,1H3,(H,10,11,12);/q;+1/p-1. The summed E-state index contributed by atoms with van der Waals surface area (Å²) in [7, 11) is -4.30. The average Bonchev–Trinajstić information content (AvgIpc) is 2.02. The second kappa shape index (κ2) is 9.12. The van der Waals surface area contributed by atoms with Gasteiger partial charge in [-0.3, -0.25) is 0 Å². The molecule has 0 bridgehead atoms. The van der Waals surface area contributed by atoms with Crippen LogP contribution in [0.5, 0.6) is 0 Å². The zero-order chi connectivity index (χ0) is 10.3. The molecule has 0 aliphatic carbocycles. The third-order valence-corrected chi connectivity index (χ3v) is 3.19. The molecule has 0 spiro atoms. The van der Waals surface area contributed by atoms with E-state index in [9.17, 15) is 13.0 Å². The van der Waals surface area contributed by atoms with E-state index in [2.05, 4.69) is 0 Å². The van der Waals surface area contributed by atoms with E-state index >= 15 is 0 Å². The Morgan fingerprint density at radius 1 is 1.29 bits per heavy atom. The molecule has 14 heavy (non-hydrogen) atoms. The Morgan fingerprint density at radius 2 is 1.86 bits per heavy atom. The van der Waals surface area contributed by atoms with Crippen molar-refractivity contribution in [3.05, 3.63) is 0 Å². The van der Waals surface area contributed by atoms with Crippen LogP contribution in [0.25, 0.3) is 0 Å². The fourth-order valence-corrected chi connectivity index (χ4v) is 1.76. The third kappa shape index (κ3) is 8.20. The van der Waals surface area contributed by atoms with Crippen molar-refractivity contribution in [2.45, 2.75) is 44.3 Å². The van der Waals surface area contributed by atoms with E-state index in [1.807, 2.05) is 6.92 Å². The van der Waals surface area contributed by atoms with Gasteiger partial charge in [0.1, 0.15) is 0 Å². The molecule has 6 heteroatoms. The zero-order valence-corrected chi connectivity index (χ0v) is 11.7. The molecule has 80 valence electrons. The zero-order valence-electron chi connectivity index (χ0n) is 8.90. The quantitative estimate of drug-likeness (QED) is 0.309. The van der Waals surface area contributed by atoms with Gasteiger partial charge in [0.2, 0.25) is 0 Å². The molecule has 0 rings (SSSR count). The van der Waals surface area contributed by atoms with Gasteiger partial charge in [0.05, 0.1) is 22.0 Å². The first-order valence-electron chi connectivity index (χ1n) is 4.58. The van der Waals surface area contributed by atoms with Gasteiger partial charge in [-0.05, 0) is 6.42 Å². The van der Waals surface area contributed by atoms with Crippen LogP contribution in [0, 0.1) is 0 Å². The van der Waals surface area contributed by atoms with Crippen LogP contribution in [-0.2, 0) is 10.1 Å². The number of aliphatic hydroxyl groups is 1. The van der Waals surface area contributed by atoms with Gasteiger partial charge in [0.25, 0.3) is 0 Å². The predicted molar refractivity (Wildman–Crippen MR) is 49.3 cm³/mol. The molecule has 4 nitrogen and oxygen atoms in total. The van der Waals surface area contributed by atoms with Gasteiger partial charge >= 0.3 is 29.6 Å². The summed E-state index contributed by atoms with van der Waals surface area (Å²) in [6.45, 7) is 1.49. The number of unbranched alkanes of at least 4 members (excludes halogenated alkanes) is 3. The molecule has 0 aliphatic rings. The summed E-state index contributed by atoms with van der Waals surface area (Å²) in [4.78, 5) is 0. The molecule has 0 radical (unpaired) electrons. The van der Waals surface area contributed by atoms with Gasteiger partial charge in [0.15, 0.2) is 0 Å². The van der Waals surface area contributed by atoms with E-state index in [1.165, 1.54) is 0 Å². The van der Waals surface area contributed by atoms with Gasteiger partial charge in [-0.1, -0.05) is 32.6 Å². The minimum absolute atomic E-state index is 0. The minimum Gasteiger partial charge on any atom is -0.748 e. The maximum Gasteiger partial charge on any atom is 1.00 e. The van der Waals surface area contributed by atoms with Crippen LogP contribution in [-0.4, -0.2) is 29.9 Å². The summed E-state index contributed by atoms with van der Waals surface area (Å²) in [5.41, 5.74) is 0. The van der Waals surface area contributed by atoms with E-state index in [4.69, 9.17) is 5.11 Å². The molecule has 0 saturated heterocycles. The van der Waals surface area contributed by atoms with Crippen LogP contribution >= 0.6 is 0 Å². The van der Waals surface area contributed by atoms with E-state index in [-0.39, 0.29) is 36.0 Å². The van der Waals surface area contributed by atoms with Gasteiger partial charge in [-0.2, -0.15) is 0 Å². The molecular weight excluding hydrogens is 215 g/mol. The van der Waals surface area contributed by atoms with Crippen molar-refractivity contribution >= 4 is 10.1 Å². The van der Waals surface area contributed by atoms with E-state index in [0.717, 1.165) is 19.3 Å². The van der Waals surface area contributed by atoms with Crippen LogP contribution in [0.3, 0.4) is 0 Å². The summed E-state index contributed by atoms with van der Waals surface area (Å²) >= 11 is 0. The number of aliphatic hydroxyl groups excluding tert-OH is 1. The van der Waals surface area contributed by atoms with E-state index in [1.54, 1.807) is 0 Å². The second-order valence-electron chi connectivity index (χ2n) is 3.15. The van der Waals surface area contributed by atoms with Crippen molar-refractivity contribution in [2.75, 3.05) is 6.61 Å². The first-order chi connectivity index (χ1) is 6.02. The summed E-state index contributed by atoms with van der Waals surface area (Å²) < 4.78 is 31.5. The summed E-state index contributed by atoms with van der Waals surface area (Å²) in [5, 5.41) is 7.53. The second-order valence-corrected chi connectivity index (χ2v) is 4.80. The smallest absolute Gasteiger partial charge is 0.748 e. The molecule has 0 amide bonds. The summed E-state index contributed by atoms with van der Waals surface area (Å²) in [6, 6.07) is 0. The van der Waals surface area contributed by atoms with Crippen molar-refractivity contribution in [3.63, 3.8) is 0 Å². The fourth-order valence-electron chi connectivity index (χ4n) is 1.13. The van der Waals surface area contributed by atoms with E-state index < -0.39 is 22.0 Å². The predicted octanol–water partition coefficient (Wildman–Crippen LogP) is -2.13. The van der Waals surface area contributed by atoms with Gasteiger partial charge in [-0.15, -0.1) is 0 Å². The van der Waals surface area contributed by atoms with Crippen LogP contribution < -0.4 is 29.6 Å². The average molecular weight is 232 g/mol. The maximum absolute atomic E-state index is 10.5. The first-order valence-corrected chi connectivity index (χ1v) is 6.05. The van der Waals surface area contributed by atoms with Crippen LogP contribution in [0.4, 0.5) is 0 Å². The molecule has 1 N–H and O–H groups in total. The Labute approximate surface area is 108 Å². The Kier molecular flexibility index (Phi) is 11.3. The van der Waals surface area contributed by atoms with E-state index in [0.29, 0.717) is 6.42 Å². The molecule has 1 atom stereocenters. The SMILES string of the molecule is CCCCCCC(CO)S(=O)(=O)[O-].[Na+]. The molecule has 0 fully saturated rings. The number of rotatable bonds is 7. The number of hydrogen-bond acceptors (Lipinski definition) is 4. The minimum atomic E-state index is -4.30. The van der Waals surface area contributed by atoms with Gasteiger partial charge in [-0.25, -0.2) is 8.42 Å². The summed E-state index contributed by atoms with van der Waals surface area (Å²) in [6.07, 6.45) is 4.00. The van der Waals surface area contributed by atoms with Crippen molar-refractivity contribution < 1.29 is 47.6 Å². The molecule has 0 aromatic carbocycles. The molecule has 0 saturated carbocycles. The normalized spacial score (nSPS) is 13.4. The van der Waals surface area contributed by atoms with Crippen molar-refractivity contribution in [3.8, 4) is 0 Å². The molecule has 0 aliphatic heterocycles.